The minimum absolute atomic E-state index is 0.0879. The van der Waals surface area contributed by atoms with Gasteiger partial charge in [0.15, 0.2) is 0 Å². The number of hydrogen-bond acceptors (Lipinski definition) is 4. The van der Waals surface area contributed by atoms with Gasteiger partial charge in [0.25, 0.3) is 5.69 Å². The van der Waals surface area contributed by atoms with Gasteiger partial charge in [-0.25, -0.2) is 0 Å². The summed E-state index contributed by atoms with van der Waals surface area (Å²) in [6, 6.07) is 12.3. The maximum atomic E-state index is 11.4. The van der Waals surface area contributed by atoms with Crippen molar-refractivity contribution in [1.29, 1.82) is 0 Å². The van der Waals surface area contributed by atoms with Gasteiger partial charge in [0, 0.05) is 18.8 Å². The van der Waals surface area contributed by atoms with Gasteiger partial charge in [0.05, 0.1) is 10.5 Å². The molecule has 0 spiro atoms. The normalized spacial score (nSPS) is 20.0. The van der Waals surface area contributed by atoms with Crippen molar-refractivity contribution in [3.63, 3.8) is 0 Å². The first kappa shape index (κ1) is 18.3. The Morgan fingerprint density at radius 3 is 2.73 bits per heavy atom. The zero-order valence-electron chi connectivity index (χ0n) is 15.3. The van der Waals surface area contributed by atoms with Crippen LogP contribution in [0.25, 0.3) is 5.57 Å². The van der Waals surface area contributed by atoms with Crippen molar-refractivity contribution >= 4 is 11.3 Å². The molecule has 0 saturated heterocycles. The number of hydrogen-bond donors (Lipinski definition) is 1. The van der Waals surface area contributed by atoms with E-state index < -0.39 is 0 Å². The summed E-state index contributed by atoms with van der Waals surface area (Å²) in [6.07, 6.45) is 7.07. The van der Waals surface area contributed by atoms with Crippen molar-refractivity contribution in [2.24, 2.45) is 11.8 Å². The summed E-state index contributed by atoms with van der Waals surface area (Å²) < 4.78 is 0. The molecule has 5 nitrogen and oxygen atoms in total. The number of aromatic nitrogens is 1. The fourth-order valence-electron chi connectivity index (χ4n) is 3.57. The van der Waals surface area contributed by atoms with Gasteiger partial charge in [-0.15, -0.1) is 0 Å². The first-order valence-corrected chi connectivity index (χ1v) is 9.11. The highest BCUT2D eigenvalue weighted by Gasteiger charge is 2.28. The van der Waals surface area contributed by atoms with Crippen molar-refractivity contribution in [3.8, 4) is 0 Å². The van der Waals surface area contributed by atoms with E-state index in [1.165, 1.54) is 11.8 Å². The van der Waals surface area contributed by atoms with Crippen LogP contribution in [0.3, 0.4) is 0 Å². The highest BCUT2D eigenvalue weighted by molar-refractivity contribution is 5.73. The van der Waals surface area contributed by atoms with Gasteiger partial charge in [-0.05, 0) is 41.9 Å². The minimum atomic E-state index is -0.339. The third-order valence-corrected chi connectivity index (χ3v) is 5.14. The van der Waals surface area contributed by atoms with E-state index in [4.69, 9.17) is 0 Å². The van der Waals surface area contributed by atoms with Crippen LogP contribution in [0.15, 0.2) is 54.9 Å². The highest BCUT2D eigenvalue weighted by atomic mass is 16.6. The van der Waals surface area contributed by atoms with E-state index in [9.17, 15) is 10.1 Å². The molecule has 0 radical (unpaired) electrons. The second-order valence-electron chi connectivity index (χ2n) is 7.26. The summed E-state index contributed by atoms with van der Waals surface area (Å²) in [5, 5.41) is 15.0. The van der Waals surface area contributed by atoms with Gasteiger partial charge in [-0.2, -0.15) is 0 Å². The summed E-state index contributed by atoms with van der Waals surface area (Å²) >= 11 is 0. The van der Waals surface area contributed by atoms with Crippen molar-refractivity contribution in [3.05, 3.63) is 76.1 Å². The Labute approximate surface area is 154 Å². The number of nitrogens with zero attached hydrogens (tertiary/aromatic N) is 2. The van der Waals surface area contributed by atoms with Crippen molar-refractivity contribution in [1.82, 2.24) is 10.3 Å². The fraction of sp³-hybridized carbons (Fsp3) is 0.381. The first-order chi connectivity index (χ1) is 12.5. The lowest BCUT2D eigenvalue weighted by Gasteiger charge is -2.32. The second-order valence-corrected chi connectivity index (χ2v) is 7.26. The Morgan fingerprint density at radius 2 is 2.04 bits per heavy atom. The van der Waals surface area contributed by atoms with Crippen LogP contribution in [0.4, 0.5) is 5.69 Å². The number of rotatable bonds is 6. The monoisotopic (exact) mass is 351 g/mol. The van der Waals surface area contributed by atoms with E-state index in [0.29, 0.717) is 17.4 Å². The molecule has 2 atom stereocenters. The molecule has 0 fully saturated rings. The summed E-state index contributed by atoms with van der Waals surface area (Å²) in [6.45, 7) is 5.24. The Balaban J connectivity index is 1.85. The molecule has 1 N–H and O–H groups in total. The Kier molecular flexibility index (Phi) is 5.78. The van der Waals surface area contributed by atoms with Crippen molar-refractivity contribution < 1.29 is 4.92 Å². The summed E-state index contributed by atoms with van der Waals surface area (Å²) in [7, 11) is 0. The number of pyridine rings is 1. The Morgan fingerprint density at radius 1 is 1.27 bits per heavy atom. The van der Waals surface area contributed by atoms with E-state index in [-0.39, 0.29) is 16.7 Å². The molecule has 0 amide bonds. The minimum Gasteiger partial charge on any atom is -0.306 e. The van der Waals surface area contributed by atoms with E-state index in [0.717, 1.165) is 25.0 Å². The maximum Gasteiger partial charge on any atom is 0.294 e. The van der Waals surface area contributed by atoms with Crippen molar-refractivity contribution in [2.75, 3.05) is 0 Å². The molecule has 0 aliphatic heterocycles. The van der Waals surface area contributed by atoms with E-state index >= 15 is 0 Å². The molecule has 3 rings (SSSR count). The molecule has 136 valence electrons. The second kappa shape index (κ2) is 8.23. The predicted molar refractivity (Wildman–Crippen MR) is 104 cm³/mol. The van der Waals surface area contributed by atoms with E-state index in [2.05, 4.69) is 42.4 Å². The van der Waals surface area contributed by atoms with Gasteiger partial charge >= 0.3 is 0 Å². The topological polar surface area (TPSA) is 68.1 Å². The smallest absolute Gasteiger partial charge is 0.294 e. The number of nitro groups is 1. The number of nitrogens with one attached hydrogen (secondary N) is 1. The Hall–Kier alpha value is -2.53. The summed E-state index contributed by atoms with van der Waals surface area (Å²) in [5.41, 5.74) is 3.07. The molecule has 2 aromatic rings. The largest absolute Gasteiger partial charge is 0.306 e. The van der Waals surface area contributed by atoms with Crippen LogP contribution in [-0.4, -0.2) is 15.9 Å². The lowest BCUT2D eigenvalue weighted by atomic mass is 9.77. The van der Waals surface area contributed by atoms with Crippen LogP contribution < -0.4 is 5.32 Å². The molecular weight excluding hydrogens is 326 g/mol. The molecule has 1 aromatic carbocycles. The van der Waals surface area contributed by atoms with E-state index in [1.807, 2.05) is 18.2 Å². The molecule has 1 aromatic heterocycles. The standard InChI is InChI=1S/C21H25N3O2/c1-15(2)17-10-18(20-8-9-22-14-21(20)24(25)26)12-19(11-17)23-13-16-6-4-3-5-7-16/h3-9,12,14-15,17,19,23H,10-11,13H2,1-2H3. The maximum absolute atomic E-state index is 11.4. The van der Waals surface area contributed by atoms with E-state index in [1.54, 1.807) is 12.3 Å². The van der Waals surface area contributed by atoms with Crippen molar-refractivity contribution in [2.45, 2.75) is 39.3 Å². The molecule has 0 saturated carbocycles. The molecule has 26 heavy (non-hydrogen) atoms. The quantitative estimate of drug-likeness (QED) is 0.610. The zero-order valence-corrected chi connectivity index (χ0v) is 15.3. The van der Waals surface area contributed by atoms with Crippen LogP contribution in [0.2, 0.25) is 0 Å². The van der Waals surface area contributed by atoms with Gasteiger partial charge in [-0.3, -0.25) is 15.1 Å². The van der Waals surface area contributed by atoms with Crippen LogP contribution in [0, 0.1) is 22.0 Å². The molecule has 5 heteroatoms. The average Bonchev–Trinajstić information content (AvgIpc) is 2.67. The highest BCUT2D eigenvalue weighted by Crippen LogP contribution is 2.38. The average molecular weight is 351 g/mol. The van der Waals surface area contributed by atoms with Gasteiger partial charge < -0.3 is 5.32 Å². The number of allylic oxidation sites excluding steroid dienone is 1. The van der Waals surface area contributed by atoms with Crippen LogP contribution in [-0.2, 0) is 6.54 Å². The predicted octanol–water partition coefficient (Wildman–Crippen LogP) is 4.60. The lowest BCUT2D eigenvalue weighted by Crippen LogP contribution is -2.33. The van der Waals surface area contributed by atoms with Gasteiger partial charge in [0.2, 0.25) is 0 Å². The third-order valence-electron chi connectivity index (χ3n) is 5.14. The molecule has 1 aliphatic carbocycles. The van der Waals surface area contributed by atoms with Crippen LogP contribution >= 0.6 is 0 Å². The molecule has 1 heterocycles. The van der Waals surface area contributed by atoms with Gasteiger partial charge in [-0.1, -0.05) is 50.3 Å². The third kappa shape index (κ3) is 4.35. The van der Waals surface area contributed by atoms with Crippen LogP contribution in [0.1, 0.15) is 37.8 Å². The zero-order chi connectivity index (χ0) is 18.5. The summed E-state index contributed by atoms with van der Waals surface area (Å²) in [4.78, 5) is 15.0. The molecule has 2 unspecified atom stereocenters. The first-order valence-electron chi connectivity index (χ1n) is 9.11. The lowest BCUT2D eigenvalue weighted by molar-refractivity contribution is -0.385. The Bertz CT molecular complexity index is 787. The SMILES string of the molecule is CC(C)C1CC(c2ccncc2[N+](=O)[O-])=CC(NCc2ccccc2)C1. The molecule has 1 aliphatic rings. The van der Waals surface area contributed by atoms with Crippen LogP contribution in [0.5, 0.6) is 0 Å². The molecule has 0 bridgehead atoms. The molecular formula is C21H25N3O2. The fourth-order valence-corrected chi connectivity index (χ4v) is 3.57. The summed E-state index contributed by atoms with van der Waals surface area (Å²) in [5.74, 6) is 1.02. The van der Waals surface area contributed by atoms with Gasteiger partial charge in [0.1, 0.15) is 6.20 Å². The number of benzene rings is 1.